The van der Waals surface area contributed by atoms with E-state index in [1.54, 1.807) is 19.1 Å². The van der Waals surface area contributed by atoms with E-state index in [4.69, 9.17) is 0 Å². The second-order valence-corrected chi connectivity index (χ2v) is 6.95. The summed E-state index contributed by atoms with van der Waals surface area (Å²) in [5, 5.41) is 14.3. The maximum Gasteiger partial charge on any atom is 0.347 e. The van der Waals surface area contributed by atoms with Gasteiger partial charge >= 0.3 is 5.97 Å². The fourth-order valence-corrected chi connectivity index (χ4v) is 3.86. The predicted molar refractivity (Wildman–Crippen MR) is 91.4 cm³/mol. The van der Waals surface area contributed by atoms with Crippen molar-refractivity contribution >= 4 is 22.4 Å². The molecule has 0 spiro atoms. The van der Waals surface area contributed by atoms with Gasteiger partial charge in [-0.3, -0.25) is 4.68 Å². The molecule has 0 amide bonds. The normalized spacial score (nSPS) is 13.3. The monoisotopic (exact) mass is 358 g/mol. The van der Waals surface area contributed by atoms with E-state index in [1.165, 1.54) is 23.5 Å². The van der Waals surface area contributed by atoms with Crippen molar-refractivity contribution in [1.82, 2.24) is 14.8 Å². The Morgan fingerprint density at radius 2 is 2.08 bits per heavy atom. The first-order chi connectivity index (χ1) is 12.0. The Balaban J connectivity index is 1.55. The van der Waals surface area contributed by atoms with E-state index >= 15 is 0 Å². The van der Waals surface area contributed by atoms with Crippen molar-refractivity contribution in [1.29, 1.82) is 0 Å². The molecule has 25 heavy (non-hydrogen) atoms. The second kappa shape index (κ2) is 5.96. The standard InChI is InChI=1S/C17H15FN4O2S/c1-10-15(16(23)24)25-17(20-10)21-8-12-6-19-22(14(12)9-21)7-11-2-4-13(18)5-3-11/h2-6H,7-9H2,1H3,(H,23,24). The smallest absolute Gasteiger partial charge is 0.347 e. The SMILES string of the molecule is Cc1nc(N2Cc3cnn(Cc4ccc(F)cc4)c3C2)sc1C(=O)O. The van der Waals surface area contributed by atoms with Crippen LogP contribution in [0.5, 0.6) is 0 Å². The van der Waals surface area contributed by atoms with Crippen LogP contribution in [-0.2, 0) is 19.6 Å². The van der Waals surface area contributed by atoms with E-state index < -0.39 is 5.97 Å². The molecule has 0 radical (unpaired) electrons. The Hall–Kier alpha value is -2.74. The molecular weight excluding hydrogens is 343 g/mol. The summed E-state index contributed by atoms with van der Waals surface area (Å²) < 4.78 is 14.9. The van der Waals surface area contributed by atoms with Gasteiger partial charge in [0.25, 0.3) is 0 Å². The minimum Gasteiger partial charge on any atom is -0.477 e. The fraction of sp³-hybridized carbons (Fsp3) is 0.235. The first kappa shape index (κ1) is 15.8. The molecule has 0 saturated heterocycles. The second-order valence-electron chi connectivity index (χ2n) is 5.97. The van der Waals surface area contributed by atoms with Gasteiger partial charge in [-0.25, -0.2) is 14.2 Å². The van der Waals surface area contributed by atoms with Crippen LogP contribution in [-0.4, -0.2) is 25.8 Å². The molecule has 2 aromatic heterocycles. The predicted octanol–water partition coefficient (Wildman–Crippen LogP) is 3.05. The molecule has 0 bridgehead atoms. The van der Waals surface area contributed by atoms with Gasteiger partial charge in [-0.2, -0.15) is 5.10 Å². The number of carboxylic acids is 1. The van der Waals surface area contributed by atoms with Crippen molar-refractivity contribution < 1.29 is 14.3 Å². The van der Waals surface area contributed by atoms with Gasteiger partial charge < -0.3 is 10.0 Å². The van der Waals surface area contributed by atoms with E-state index in [1.807, 2.05) is 10.9 Å². The number of fused-ring (bicyclic) bond motifs is 1. The zero-order chi connectivity index (χ0) is 17.6. The third-order valence-electron chi connectivity index (χ3n) is 4.23. The number of rotatable bonds is 4. The summed E-state index contributed by atoms with van der Waals surface area (Å²) in [5.74, 6) is -1.20. The third kappa shape index (κ3) is 2.89. The largest absolute Gasteiger partial charge is 0.477 e. The Morgan fingerprint density at radius 1 is 1.32 bits per heavy atom. The first-order valence-corrected chi connectivity index (χ1v) is 8.56. The minimum atomic E-state index is -0.944. The van der Waals surface area contributed by atoms with Crippen LogP contribution in [0.25, 0.3) is 0 Å². The Kier molecular flexibility index (Phi) is 3.76. The molecular formula is C17H15FN4O2S. The summed E-state index contributed by atoms with van der Waals surface area (Å²) in [6.45, 7) is 3.57. The molecule has 0 atom stereocenters. The molecule has 8 heteroatoms. The molecule has 3 heterocycles. The first-order valence-electron chi connectivity index (χ1n) is 7.75. The molecule has 3 aromatic rings. The zero-order valence-electron chi connectivity index (χ0n) is 13.4. The Morgan fingerprint density at radius 3 is 2.76 bits per heavy atom. The van der Waals surface area contributed by atoms with Crippen molar-refractivity contribution in [3.63, 3.8) is 0 Å². The average molecular weight is 358 g/mol. The van der Waals surface area contributed by atoms with Crippen LogP contribution in [0.2, 0.25) is 0 Å². The highest BCUT2D eigenvalue weighted by Gasteiger charge is 2.27. The summed E-state index contributed by atoms with van der Waals surface area (Å²) in [4.78, 5) is 17.9. The van der Waals surface area contributed by atoms with Gasteiger partial charge in [0, 0.05) is 12.1 Å². The molecule has 0 aliphatic carbocycles. The molecule has 1 N–H and O–H groups in total. The third-order valence-corrected chi connectivity index (χ3v) is 5.44. The lowest BCUT2D eigenvalue weighted by atomic mass is 10.2. The fourth-order valence-electron chi connectivity index (χ4n) is 2.96. The number of halogens is 1. The highest BCUT2D eigenvalue weighted by Crippen LogP contribution is 2.33. The van der Waals surface area contributed by atoms with E-state index in [9.17, 15) is 14.3 Å². The summed E-state index contributed by atoms with van der Waals surface area (Å²) in [5.41, 5.74) is 3.70. The van der Waals surface area contributed by atoms with E-state index in [-0.39, 0.29) is 10.7 Å². The number of aromatic nitrogens is 3. The van der Waals surface area contributed by atoms with E-state index in [0.29, 0.717) is 30.5 Å². The molecule has 4 rings (SSSR count). The van der Waals surface area contributed by atoms with Crippen molar-refractivity contribution in [3.8, 4) is 0 Å². The number of carbonyl (C=O) groups is 1. The number of anilines is 1. The van der Waals surface area contributed by atoms with Gasteiger partial charge in [-0.15, -0.1) is 0 Å². The van der Waals surface area contributed by atoms with Crippen LogP contribution in [0.4, 0.5) is 9.52 Å². The molecule has 128 valence electrons. The Bertz CT molecular complexity index is 948. The Labute approximate surface area is 147 Å². The van der Waals surface area contributed by atoms with Crippen molar-refractivity contribution in [3.05, 3.63) is 63.7 Å². The highest BCUT2D eigenvalue weighted by molar-refractivity contribution is 7.17. The van der Waals surface area contributed by atoms with Crippen LogP contribution in [0, 0.1) is 12.7 Å². The lowest BCUT2D eigenvalue weighted by molar-refractivity contribution is 0.0701. The van der Waals surface area contributed by atoms with E-state index in [0.717, 1.165) is 16.8 Å². The molecule has 0 saturated carbocycles. The van der Waals surface area contributed by atoms with Gasteiger partial charge in [-0.05, 0) is 24.6 Å². The molecule has 1 aliphatic rings. The number of hydrogen-bond donors (Lipinski definition) is 1. The lowest BCUT2D eigenvalue weighted by Crippen LogP contribution is -2.17. The summed E-state index contributed by atoms with van der Waals surface area (Å²) in [7, 11) is 0. The van der Waals surface area contributed by atoms with Crippen LogP contribution >= 0.6 is 11.3 Å². The molecule has 6 nitrogen and oxygen atoms in total. The van der Waals surface area contributed by atoms with Gasteiger partial charge in [0.15, 0.2) is 5.13 Å². The lowest BCUT2D eigenvalue weighted by Gasteiger charge is -2.14. The minimum absolute atomic E-state index is 0.256. The van der Waals surface area contributed by atoms with Gasteiger partial charge in [0.2, 0.25) is 0 Å². The van der Waals surface area contributed by atoms with Crippen molar-refractivity contribution in [2.24, 2.45) is 0 Å². The number of carboxylic acid groups (broad SMARTS) is 1. The number of thiazole rings is 1. The number of benzene rings is 1. The molecule has 1 aromatic carbocycles. The van der Waals surface area contributed by atoms with Gasteiger partial charge in [0.05, 0.1) is 30.7 Å². The maximum absolute atomic E-state index is 13.0. The number of aromatic carboxylic acids is 1. The quantitative estimate of drug-likeness (QED) is 0.776. The summed E-state index contributed by atoms with van der Waals surface area (Å²) in [6.07, 6.45) is 1.83. The van der Waals surface area contributed by atoms with Gasteiger partial charge in [0.1, 0.15) is 10.7 Å². The number of hydrogen-bond acceptors (Lipinski definition) is 5. The van der Waals surface area contributed by atoms with Crippen molar-refractivity contribution in [2.75, 3.05) is 4.90 Å². The van der Waals surface area contributed by atoms with Gasteiger partial charge in [-0.1, -0.05) is 23.5 Å². The highest BCUT2D eigenvalue weighted by atomic mass is 32.1. The van der Waals surface area contributed by atoms with Crippen LogP contribution in [0.15, 0.2) is 30.5 Å². The number of nitrogens with zero attached hydrogens (tertiary/aromatic N) is 4. The average Bonchev–Trinajstić information content (AvgIpc) is 3.24. The van der Waals surface area contributed by atoms with Crippen LogP contribution < -0.4 is 4.90 Å². The maximum atomic E-state index is 13.0. The van der Waals surface area contributed by atoms with Crippen LogP contribution in [0.3, 0.4) is 0 Å². The molecule has 0 fully saturated rings. The van der Waals surface area contributed by atoms with Crippen LogP contribution in [0.1, 0.15) is 32.2 Å². The molecule has 1 aliphatic heterocycles. The van der Waals surface area contributed by atoms with E-state index in [2.05, 4.69) is 15.0 Å². The summed E-state index contributed by atoms with van der Waals surface area (Å²) >= 11 is 1.19. The number of aryl methyl sites for hydroxylation is 1. The molecule has 0 unspecified atom stereocenters. The van der Waals surface area contributed by atoms with Crippen molar-refractivity contribution in [2.45, 2.75) is 26.6 Å². The summed E-state index contributed by atoms with van der Waals surface area (Å²) in [6, 6.07) is 6.38. The topological polar surface area (TPSA) is 71.2 Å². The zero-order valence-corrected chi connectivity index (χ0v) is 14.3.